The van der Waals surface area contributed by atoms with Crippen molar-refractivity contribution in [2.24, 2.45) is 0 Å². The number of benzene rings is 1. The van der Waals surface area contributed by atoms with Crippen LogP contribution in [-0.2, 0) is 9.59 Å². The lowest BCUT2D eigenvalue weighted by Crippen LogP contribution is -2.42. The summed E-state index contributed by atoms with van der Waals surface area (Å²) in [6.45, 7) is 5.56. The molecule has 5 nitrogen and oxygen atoms in total. The number of hydrogen-bond acceptors (Lipinski definition) is 3. The highest BCUT2D eigenvalue weighted by atomic mass is 16.5. The molecule has 20 heavy (non-hydrogen) atoms. The summed E-state index contributed by atoms with van der Waals surface area (Å²) in [6.07, 6.45) is 1.10. The minimum Gasteiger partial charge on any atom is -0.484 e. The number of hydrogen-bond donors (Lipinski definition) is 2. The number of ether oxygens (including phenoxy) is 1. The van der Waals surface area contributed by atoms with Crippen LogP contribution in [0.25, 0.3) is 0 Å². The van der Waals surface area contributed by atoms with Crippen molar-refractivity contribution in [3.05, 3.63) is 29.3 Å². The van der Waals surface area contributed by atoms with E-state index in [1.165, 1.54) is 0 Å². The average Bonchev–Trinajstić information content (AvgIpc) is 2.37. The van der Waals surface area contributed by atoms with Gasteiger partial charge in [-0.15, -0.1) is 0 Å². The van der Waals surface area contributed by atoms with Crippen molar-refractivity contribution >= 4 is 11.9 Å². The van der Waals surface area contributed by atoms with Crippen molar-refractivity contribution in [3.8, 4) is 5.75 Å². The molecule has 0 radical (unpaired) electrons. The molecule has 0 aliphatic heterocycles. The SMILES string of the molecule is CCC[C@@H](NC(=O)COc1ccc(C)cc1C)C(=O)O. The van der Waals surface area contributed by atoms with Gasteiger partial charge in [-0.1, -0.05) is 31.0 Å². The Morgan fingerprint density at radius 3 is 2.60 bits per heavy atom. The van der Waals surface area contributed by atoms with E-state index in [-0.39, 0.29) is 6.61 Å². The Morgan fingerprint density at radius 2 is 2.05 bits per heavy atom. The van der Waals surface area contributed by atoms with Gasteiger partial charge in [0.15, 0.2) is 6.61 Å². The second-order valence-electron chi connectivity index (χ2n) is 4.80. The molecule has 0 heterocycles. The average molecular weight is 279 g/mol. The minimum atomic E-state index is -1.02. The maximum Gasteiger partial charge on any atom is 0.326 e. The molecule has 0 bridgehead atoms. The van der Waals surface area contributed by atoms with Crippen LogP contribution in [0, 0.1) is 13.8 Å². The molecule has 0 saturated heterocycles. The van der Waals surface area contributed by atoms with E-state index in [1.54, 1.807) is 6.07 Å². The third-order valence-electron chi connectivity index (χ3n) is 2.90. The first-order valence-electron chi connectivity index (χ1n) is 6.66. The molecule has 0 aliphatic rings. The van der Waals surface area contributed by atoms with Gasteiger partial charge in [-0.05, 0) is 31.9 Å². The third kappa shape index (κ3) is 4.91. The van der Waals surface area contributed by atoms with Crippen molar-refractivity contribution < 1.29 is 19.4 Å². The van der Waals surface area contributed by atoms with Gasteiger partial charge >= 0.3 is 5.97 Å². The van der Waals surface area contributed by atoms with Gasteiger partial charge in [-0.25, -0.2) is 4.79 Å². The lowest BCUT2D eigenvalue weighted by molar-refractivity contribution is -0.142. The maximum atomic E-state index is 11.7. The van der Waals surface area contributed by atoms with Crippen LogP contribution in [0.2, 0.25) is 0 Å². The summed E-state index contributed by atoms with van der Waals surface area (Å²) in [5, 5.41) is 11.4. The Bertz CT molecular complexity index is 485. The number of carbonyl (C=O) groups is 2. The second kappa shape index (κ2) is 7.53. The summed E-state index contributed by atoms with van der Waals surface area (Å²) in [5.41, 5.74) is 2.06. The fourth-order valence-electron chi connectivity index (χ4n) is 1.89. The van der Waals surface area contributed by atoms with Crippen LogP contribution in [-0.4, -0.2) is 29.6 Å². The molecule has 1 aromatic rings. The quantitative estimate of drug-likeness (QED) is 0.801. The smallest absolute Gasteiger partial charge is 0.326 e. The van der Waals surface area contributed by atoms with Crippen molar-refractivity contribution in [2.45, 2.75) is 39.7 Å². The third-order valence-corrected chi connectivity index (χ3v) is 2.90. The molecule has 1 amide bonds. The van der Waals surface area contributed by atoms with E-state index in [9.17, 15) is 9.59 Å². The van der Waals surface area contributed by atoms with Gasteiger partial charge in [0, 0.05) is 0 Å². The monoisotopic (exact) mass is 279 g/mol. The van der Waals surface area contributed by atoms with Gasteiger partial charge in [-0.2, -0.15) is 0 Å². The molecule has 1 aromatic carbocycles. The summed E-state index contributed by atoms with van der Waals surface area (Å²) < 4.78 is 5.41. The number of amides is 1. The Morgan fingerprint density at radius 1 is 1.35 bits per heavy atom. The zero-order valence-electron chi connectivity index (χ0n) is 12.1. The second-order valence-corrected chi connectivity index (χ2v) is 4.80. The Balaban J connectivity index is 2.52. The standard InChI is InChI=1S/C15H21NO4/c1-4-5-12(15(18)19)16-14(17)9-20-13-7-6-10(2)8-11(13)3/h6-8,12H,4-5,9H2,1-3H3,(H,16,17)(H,18,19)/t12-/m1/s1. The van der Waals surface area contributed by atoms with Crippen LogP contribution in [0.4, 0.5) is 0 Å². The molecule has 0 fully saturated rings. The molecule has 0 aliphatic carbocycles. The largest absolute Gasteiger partial charge is 0.484 e. The van der Waals surface area contributed by atoms with Gasteiger partial charge < -0.3 is 15.2 Å². The normalized spacial score (nSPS) is 11.8. The predicted octanol–water partition coefficient (Wildman–Crippen LogP) is 2.05. The molecule has 0 saturated carbocycles. The topological polar surface area (TPSA) is 75.6 Å². The first kappa shape index (κ1) is 16.0. The molecule has 0 unspecified atom stereocenters. The molecular formula is C15H21NO4. The van der Waals surface area contributed by atoms with Crippen LogP contribution < -0.4 is 10.1 Å². The molecule has 110 valence electrons. The zero-order chi connectivity index (χ0) is 15.1. The lowest BCUT2D eigenvalue weighted by atomic mass is 10.1. The number of carbonyl (C=O) groups excluding carboxylic acids is 1. The van der Waals surface area contributed by atoms with Crippen LogP contribution in [0.1, 0.15) is 30.9 Å². The highest BCUT2D eigenvalue weighted by Crippen LogP contribution is 2.18. The Kier molecular flexibility index (Phi) is 6.03. The van der Waals surface area contributed by atoms with Gasteiger partial charge in [0.2, 0.25) is 0 Å². The van der Waals surface area contributed by atoms with Crippen LogP contribution in [0.3, 0.4) is 0 Å². The summed E-state index contributed by atoms with van der Waals surface area (Å²) in [6, 6.07) is 4.82. The van der Waals surface area contributed by atoms with E-state index in [0.717, 1.165) is 11.1 Å². The van der Waals surface area contributed by atoms with Gasteiger partial charge in [0.25, 0.3) is 5.91 Å². The summed E-state index contributed by atoms with van der Waals surface area (Å²) in [7, 11) is 0. The molecule has 0 spiro atoms. The summed E-state index contributed by atoms with van der Waals surface area (Å²) in [4.78, 5) is 22.6. The van der Waals surface area contributed by atoms with Crippen molar-refractivity contribution in [1.82, 2.24) is 5.32 Å². The van der Waals surface area contributed by atoms with Gasteiger partial charge in [0.05, 0.1) is 0 Å². The molecule has 5 heteroatoms. The highest BCUT2D eigenvalue weighted by Gasteiger charge is 2.18. The van der Waals surface area contributed by atoms with Crippen molar-refractivity contribution in [3.63, 3.8) is 0 Å². The first-order chi connectivity index (χ1) is 9.43. The van der Waals surface area contributed by atoms with E-state index in [4.69, 9.17) is 9.84 Å². The molecule has 1 atom stereocenters. The van der Waals surface area contributed by atoms with E-state index < -0.39 is 17.9 Å². The van der Waals surface area contributed by atoms with Crippen LogP contribution >= 0.6 is 0 Å². The number of carboxylic acid groups (broad SMARTS) is 1. The Labute approximate surface area is 118 Å². The van der Waals surface area contributed by atoms with E-state index in [1.807, 2.05) is 32.9 Å². The number of carboxylic acids is 1. The number of nitrogens with one attached hydrogen (secondary N) is 1. The van der Waals surface area contributed by atoms with Crippen molar-refractivity contribution in [1.29, 1.82) is 0 Å². The highest BCUT2D eigenvalue weighted by molar-refractivity contribution is 5.84. The fraction of sp³-hybridized carbons (Fsp3) is 0.467. The molecule has 0 aromatic heterocycles. The van der Waals surface area contributed by atoms with Crippen molar-refractivity contribution in [2.75, 3.05) is 6.61 Å². The minimum absolute atomic E-state index is 0.183. The first-order valence-corrected chi connectivity index (χ1v) is 6.66. The zero-order valence-corrected chi connectivity index (χ0v) is 12.1. The van der Waals surface area contributed by atoms with Gasteiger partial charge in [0.1, 0.15) is 11.8 Å². The number of rotatable bonds is 7. The summed E-state index contributed by atoms with van der Waals surface area (Å²) in [5.74, 6) is -0.814. The fourth-order valence-corrected chi connectivity index (χ4v) is 1.89. The van der Waals surface area contributed by atoms with Crippen LogP contribution in [0.5, 0.6) is 5.75 Å². The van der Waals surface area contributed by atoms with E-state index >= 15 is 0 Å². The molecule has 2 N–H and O–H groups in total. The van der Waals surface area contributed by atoms with E-state index in [2.05, 4.69) is 5.32 Å². The maximum absolute atomic E-state index is 11.7. The summed E-state index contributed by atoms with van der Waals surface area (Å²) >= 11 is 0. The lowest BCUT2D eigenvalue weighted by Gasteiger charge is -2.14. The number of aliphatic carboxylic acids is 1. The molecule has 1 rings (SSSR count). The van der Waals surface area contributed by atoms with Gasteiger partial charge in [-0.3, -0.25) is 4.79 Å². The number of aryl methyl sites for hydroxylation is 2. The van der Waals surface area contributed by atoms with E-state index in [0.29, 0.717) is 18.6 Å². The Hall–Kier alpha value is -2.04. The molecular weight excluding hydrogens is 258 g/mol. The predicted molar refractivity (Wildman–Crippen MR) is 75.9 cm³/mol. The van der Waals surface area contributed by atoms with Crippen LogP contribution in [0.15, 0.2) is 18.2 Å².